The Labute approximate surface area is 113 Å². The predicted octanol–water partition coefficient (Wildman–Crippen LogP) is 2.39. The summed E-state index contributed by atoms with van der Waals surface area (Å²) < 4.78 is 13.8. The van der Waals surface area contributed by atoms with Gasteiger partial charge in [0, 0.05) is 5.56 Å². The zero-order chi connectivity index (χ0) is 14.3. The summed E-state index contributed by atoms with van der Waals surface area (Å²) >= 11 is 0. The topological polar surface area (TPSA) is 68.9 Å². The molecule has 1 aromatic heterocycles. The minimum absolute atomic E-state index is 0.224. The first kappa shape index (κ1) is 12.6. The van der Waals surface area contributed by atoms with Crippen molar-refractivity contribution in [1.82, 2.24) is 9.97 Å². The monoisotopic (exact) mass is 272 g/mol. The van der Waals surface area contributed by atoms with E-state index in [0.717, 1.165) is 5.56 Å². The highest BCUT2D eigenvalue weighted by molar-refractivity contribution is 5.75. The van der Waals surface area contributed by atoms with Crippen molar-refractivity contribution in [2.24, 2.45) is 0 Å². The number of fused-ring (bicyclic) bond motifs is 1. The van der Waals surface area contributed by atoms with Crippen LogP contribution in [-0.2, 0) is 0 Å². The first-order chi connectivity index (χ1) is 9.54. The fourth-order valence-electron chi connectivity index (χ4n) is 2.27. The quantitative estimate of drug-likeness (QED) is 0.670. The van der Waals surface area contributed by atoms with Gasteiger partial charge in [-0.1, -0.05) is 23.8 Å². The minimum Gasteiger partial charge on any atom is -0.384 e. The fraction of sp³-hybridized carbons (Fsp3) is 0.133. The van der Waals surface area contributed by atoms with Gasteiger partial charge in [0.25, 0.3) is 0 Å². The number of aliphatic hydroxyl groups excluding tert-OH is 1. The summed E-state index contributed by atoms with van der Waals surface area (Å²) in [5.41, 5.74) is 2.54. The molecule has 2 aromatic carbocycles. The molecule has 4 nitrogen and oxygen atoms in total. The second-order valence-corrected chi connectivity index (χ2v) is 4.81. The summed E-state index contributed by atoms with van der Waals surface area (Å²) in [6.45, 7) is 1.84. The number of hydrogen-bond acceptors (Lipinski definition) is 2. The SMILES string of the molecule is Cc1ccc(F)c(C(O)c2ccc3[nH]c(=O)[nH]c3c2)c1. The molecule has 0 spiro atoms. The van der Waals surface area contributed by atoms with Gasteiger partial charge in [-0.25, -0.2) is 9.18 Å². The number of imidazole rings is 1. The lowest BCUT2D eigenvalue weighted by atomic mass is 9.99. The molecule has 5 heteroatoms. The number of aromatic nitrogens is 2. The summed E-state index contributed by atoms with van der Waals surface area (Å²) in [4.78, 5) is 16.4. The van der Waals surface area contributed by atoms with Crippen LogP contribution in [0.4, 0.5) is 4.39 Å². The van der Waals surface area contributed by atoms with Crippen molar-refractivity contribution in [2.75, 3.05) is 0 Å². The molecule has 0 amide bonds. The Balaban J connectivity index is 2.09. The molecule has 0 radical (unpaired) electrons. The van der Waals surface area contributed by atoms with Crippen LogP contribution in [0, 0.1) is 12.7 Å². The summed E-state index contributed by atoms with van der Waals surface area (Å²) in [5.74, 6) is -0.453. The molecule has 0 bridgehead atoms. The van der Waals surface area contributed by atoms with Crippen LogP contribution in [0.1, 0.15) is 22.8 Å². The lowest BCUT2D eigenvalue weighted by molar-refractivity contribution is 0.215. The Morgan fingerprint density at radius 2 is 1.85 bits per heavy atom. The van der Waals surface area contributed by atoms with Crippen LogP contribution in [0.25, 0.3) is 11.0 Å². The largest absolute Gasteiger partial charge is 0.384 e. The highest BCUT2D eigenvalue weighted by Gasteiger charge is 2.16. The van der Waals surface area contributed by atoms with Crippen LogP contribution in [0.2, 0.25) is 0 Å². The van der Waals surface area contributed by atoms with Crippen molar-refractivity contribution in [2.45, 2.75) is 13.0 Å². The maximum atomic E-state index is 13.8. The van der Waals surface area contributed by atoms with E-state index in [1.807, 2.05) is 6.92 Å². The van der Waals surface area contributed by atoms with E-state index in [4.69, 9.17) is 0 Å². The number of aryl methyl sites for hydroxylation is 1. The number of hydrogen-bond donors (Lipinski definition) is 3. The smallest absolute Gasteiger partial charge is 0.323 e. The molecule has 20 heavy (non-hydrogen) atoms. The lowest BCUT2D eigenvalue weighted by Gasteiger charge is -2.13. The Kier molecular flexibility index (Phi) is 2.91. The van der Waals surface area contributed by atoms with Crippen LogP contribution in [0.15, 0.2) is 41.2 Å². The molecule has 1 atom stereocenters. The number of rotatable bonds is 2. The second-order valence-electron chi connectivity index (χ2n) is 4.81. The molecule has 102 valence electrons. The molecule has 0 saturated heterocycles. The molecule has 3 aromatic rings. The van der Waals surface area contributed by atoms with Crippen LogP contribution in [0.3, 0.4) is 0 Å². The molecule has 0 saturated carbocycles. The Hall–Kier alpha value is -2.40. The molecule has 0 aliphatic heterocycles. The minimum atomic E-state index is -1.07. The fourth-order valence-corrected chi connectivity index (χ4v) is 2.27. The van der Waals surface area contributed by atoms with E-state index in [9.17, 15) is 14.3 Å². The number of nitrogens with one attached hydrogen (secondary N) is 2. The van der Waals surface area contributed by atoms with E-state index >= 15 is 0 Å². The summed E-state index contributed by atoms with van der Waals surface area (Å²) in [5, 5.41) is 10.3. The van der Waals surface area contributed by atoms with Gasteiger partial charge in [-0.3, -0.25) is 0 Å². The van der Waals surface area contributed by atoms with Crippen molar-refractivity contribution in [3.8, 4) is 0 Å². The Morgan fingerprint density at radius 3 is 2.65 bits per heavy atom. The van der Waals surface area contributed by atoms with E-state index < -0.39 is 11.9 Å². The van der Waals surface area contributed by atoms with Crippen molar-refractivity contribution < 1.29 is 9.50 Å². The van der Waals surface area contributed by atoms with Crippen molar-refractivity contribution in [3.63, 3.8) is 0 Å². The zero-order valence-corrected chi connectivity index (χ0v) is 10.8. The standard InChI is InChI=1S/C15H13FN2O2/c1-8-2-4-11(16)10(6-8)14(19)9-3-5-12-13(7-9)18-15(20)17-12/h2-7,14,19H,1H3,(H2,17,18,20). The number of halogens is 1. The van der Waals surface area contributed by atoms with Gasteiger partial charge in [-0.15, -0.1) is 0 Å². The summed E-state index contributed by atoms with van der Waals surface area (Å²) in [7, 11) is 0. The number of aliphatic hydroxyl groups is 1. The van der Waals surface area contributed by atoms with Gasteiger partial charge in [0.15, 0.2) is 0 Å². The van der Waals surface area contributed by atoms with E-state index in [-0.39, 0.29) is 11.3 Å². The highest BCUT2D eigenvalue weighted by atomic mass is 19.1. The zero-order valence-electron chi connectivity index (χ0n) is 10.8. The van der Waals surface area contributed by atoms with Gasteiger partial charge in [0.2, 0.25) is 0 Å². The number of H-pyrrole nitrogens is 2. The first-order valence-electron chi connectivity index (χ1n) is 6.20. The van der Waals surface area contributed by atoms with E-state index in [0.29, 0.717) is 16.6 Å². The van der Waals surface area contributed by atoms with Crippen LogP contribution >= 0.6 is 0 Å². The highest BCUT2D eigenvalue weighted by Crippen LogP contribution is 2.26. The molecule has 0 fully saturated rings. The molecule has 3 rings (SSSR count). The summed E-state index contributed by atoms with van der Waals surface area (Å²) in [6.07, 6.45) is -1.07. The van der Waals surface area contributed by atoms with Gasteiger partial charge in [-0.05, 0) is 30.7 Å². The van der Waals surface area contributed by atoms with Gasteiger partial charge >= 0.3 is 5.69 Å². The van der Waals surface area contributed by atoms with Crippen molar-refractivity contribution >= 4 is 11.0 Å². The third-order valence-electron chi connectivity index (χ3n) is 3.30. The molecular formula is C15H13FN2O2. The second kappa shape index (κ2) is 4.61. The third kappa shape index (κ3) is 2.12. The average molecular weight is 272 g/mol. The summed E-state index contributed by atoms with van der Waals surface area (Å²) in [6, 6.07) is 9.59. The maximum Gasteiger partial charge on any atom is 0.323 e. The van der Waals surface area contributed by atoms with E-state index in [2.05, 4.69) is 9.97 Å². The molecule has 3 N–H and O–H groups in total. The van der Waals surface area contributed by atoms with E-state index in [1.54, 1.807) is 30.3 Å². The number of aromatic amines is 2. The molecule has 1 heterocycles. The molecule has 1 unspecified atom stereocenters. The Bertz CT molecular complexity index is 835. The van der Waals surface area contributed by atoms with Crippen molar-refractivity contribution in [3.05, 3.63) is 69.4 Å². The normalized spacial score (nSPS) is 12.8. The molecule has 0 aliphatic rings. The van der Waals surface area contributed by atoms with Gasteiger partial charge in [-0.2, -0.15) is 0 Å². The van der Waals surface area contributed by atoms with Crippen LogP contribution < -0.4 is 5.69 Å². The Morgan fingerprint density at radius 1 is 1.10 bits per heavy atom. The van der Waals surface area contributed by atoms with Gasteiger partial charge in [0.05, 0.1) is 11.0 Å². The van der Waals surface area contributed by atoms with Gasteiger partial charge < -0.3 is 15.1 Å². The first-order valence-corrected chi connectivity index (χ1v) is 6.20. The van der Waals surface area contributed by atoms with Crippen LogP contribution in [0.5, 0.6) is 0 Å². The average Bonchev–Trinajstić information content (AvgIpc) is 2.79. The molecular weight excluding hydrogens is 259 g/mol. The van der Waals surface area contributed by atoms with Crippen LogP contribution in [-0.4, -0.2) is 15.1 Å². The number of benzene rings is 2. The predicted molar refractivity (Wildman–Crippen MR) is 74.1 cm³/mol. The maximum absolute atomic E-state index is 13.8. The van der Waals surface area contributed by atoms with Gasteiger partial charge in [0.1, 0.15) is 11.9 Å². The lowest BCUT2D eigenvalue weighted by Crippen LogP contribution is -2.03. The van der Waals surface area contributed by atoms with E-state index in [1.165, 1.54) is 6.07 Å². The third-order valence-corrected chi connectivity index (χ3v) is 3.30. The molecule has 0 aliphatic carbocycles. The van der Waals surface area contributed by atoms with Crippen molar-refractivity contribution in [1.29, 1.82) is 0 Å².